The highest BCUT2D eigenvalue weighted by molar-refractivity contribution is 6.05. The maximum Gasteiger partial charge on any atom is 0.412 e. The van der Waals surface area contributed by atoms with E-state index in [1.807, 2.05) is 41.1 Å². The number of nitrogens with one attached hydrogen (secondary N) is 2. The topological polar surface area (TPSA) is 123 Å². The fraction of sp³-hybridized carbons (Fsp3) is 0.296. The quantitative estimate of drug-likeness (QED) is 0.526. The van der Waals surface area contributed by atoms with Gasteiger partial charge in [0, 0.05) is 47.9 Å². The van der Waals surface area contributed by atoms with Gasteiger partial charge in [-0.25, -0.2) is 9.78 Å². The second-order valence-corrected chi connectivity index (χ2v) is 10.1. The lowest BCUT2D eigenvalue weighted by molar-refractivity contribution is -0.136. The van der Waals surface area contributed by atoms with E-state index in [2.05, 4.69) is 15.6 Å². The van der Waals surface area contributed by atoms with Gasteiger partial charge in [-0.1, -0.05) is 12.1 Å². The van der Waals surface area contributed by atoms with Gasteiger partial charge in [0.25, 0.3) is 5.91 Å². The third kappa shape index (κ3) is 4.95. The van der Waals surface area contributed by atoms with Crippen LogP contribution in [0, 0.1) is 0 Å². The van der Waals surface area contributed by atoms with Gasteiger partial charge in [0.1, 0.15) is 17.5 Å². The third-order valence-electron chi connectivity index (χ3n) is 6.19. The second kappa shape index (κ2) is 9.20. The van der Waals surface area contributed by atoms with Crippen LogP contribution in [0.15, 0.2) is 54.9 Å². The molecule has 1 fully saturated rings. The average Bonchev–Trinajstić information content (AvgIpc) is 3.43. The summed E-state index contributed by atoms with van der Waals surface area (Å²) < 4.78 is 7.22. The summed E-state index contributed by atoms with van der Waals surface area (Å²) >= 11 is 0. The van der Waals surface area contributed by atoms with Crippen LogP contribution in [0.25, 0.3) is 17.1 Å². The number of benzene rings is 2. The Labute approximate surface area is 213 Å². The largest absolute Gasteiger partial charge is 0.444 e. The first-order valence-electron chi connectivity index (χ1n) is 12.0. The Kier molecular flexibility index (Phi) is 6.02. The van der Waals surface area contributed by atoms with Crippen LogP contribution in [0.5, 0.6) is 0 Å². The normalized spacial score (nSPS) is 17.4. The number of carbonyl (C=O) groups excluding carboxylic acids is 4. The smallest absolute Gasteiger partial charge is 0.412 e. The molecule has 1 atom stereocenters. The number of nitrogens with zero attached hydrogens (tertiary/aromatic N) is 3. The van der Waals surface area contributed by atoms with Crippen molar-refractivity contribution in [3.05, 3.63) is 66.0 Å². The molecule has 1 saturated heterocycles. The minimum absolute atomic E-state index is 0.209. The van der Waals surface area contributed by atoms with Gasteiger partial charge in [-0.05, 0) is 63.1 Å². The third-order valence-corrected chi connectivity index (χ3v) is 6.19. The predicted molar refractivity (Wildman–Crippen MR) is 135 cm³/mol. The molecule has 3 heterocycles. The fourth-order valence-electron chi connectivity index (χ4n) is 4.59. The zero-order valence-corrected chi connectivity index (χ0v) is 20.8. The fourth-order valence-corrected chi connectivity index (χ4v) is 4.59. The van der Waals surface area contributed by atoms with Crippen LogP contribution in [0.2, 0.25) is 0 Å². The number of aromatic nitrogens is 2. The van der Waals surface area contributed by atoms with Crippen LogP contribution in [0.4, 0.5) is 10.5 Å². The number of piperidine rings is 1. The molecule has 1 unspecified atom stereocenters. The Hall–Kier alpha value is -4.47. The van der Waals surface area contributed by atoms with E-state index in [0.717, 1.165) is 16.8 Å². The summed E-state index contributed by atoms with van der Waals surface area (Å²) in [7, 11) is 0. The average molecular weight is 502 g/mol. The Morgan fingerprint density at radius 1 is 1.14 bits per heavy atom. The van der Waals surface area contributed by atoms with Gasteiger partial charge in [-0.3, -0.25) is 29.6 Å². The van der Waals surface area contributed by atoms with Gasteiger partial charge in [-0.2, -0.15) is 0 Å². The van der Waals surface area contributed by atoms with E-state index in [0.29, 0.717) is 23.5 Å². The van der Waals surface area contributed by atoms with Crippen molar-refractivity contribution in [2.75, 3.05) is 5.32 Å². The van der Waals surface area contributed by atoms with Crippen molar-refractivity contribution in [2.45, 2.75) is 51.8 Å². The standard InChI is InChI=1S/C27H27N5O5/c1-27(2,3)37-26(36)29-18-5-4-6-19(14-18)31-12-11-28-23(31)16-7-8-20-17(13-16)15-32(25(20)35)21-9-10-22(33)30-24(21)34/h4-8,11-14,21H,9-10,15H2,1-3H3,(H,29,36)(H,30,33,34). The number of hydrogen-bond donors (Lipinski definition) is 2. The van der Waals surface area contributed by atoms with Gasteiger partial charge < -0.3 is 9.64 Å². The van der Waals surface area contributed by atoms with Crippen molar-refractivity contribution in [3.63, 3.8) is 0 Å². The van der Waals surface area contributed by atoms with Crippen molar-refractivity contribution < 1.29 is 23.9 Å². The van der Waals surface area contributed by atoms with Crippen LogP contribution in [0.1, 0.15) is 49.5 Å². The summed E-state index contributed by atoms with van der Waals surface area (Å²) in [6.07, 6.45) is 3.48. The Morgan fingerprint density at radius 3 is 2.70 bits per heavy atom. The van der Waals surface area contributed by atoms with Crippen molar-refractivity contribution in [1.29, 1.82) is 0 Å². The molecule has 5 rings (SSSR count). The van der Waals surface area contributed by atoms with E-state index in [1.165, 1.54) is 4.90 Å². The zero-order chi connectivity index (χ0) is 26.3. The number of fused-ring (bicyclic) bond motifs is 1. The van der Waals surface area contributed by atoms with Crippen LogP contribution >= 0.6 is 0 Å². The van der Waals surface area contributed by atoms with E-state index in [1.54, 1.807) is 39.1 Å². The zero-order valence-electron chi connectivity index (χ0n) is 20.8. The summed E-state index contributed by atoms with van der Waals surface area (Å²) in [6, 6.07) is 12.1. The molecule has 190 valence electrons. The van der Waals surface area contributed by atoms with E-state index >= 15 is 0 Å². The summed E-state index contributed by atoms with van der Waals surface area (Å²) in [5.74, 6) is -0.317. The highest BCUT2D eigenvalue weighted by Crippen LogP contribution is 2.32. The molecule has 2 aliphatic heterocycles. The first-order chi connectivity index (χ1) is 17.6. The molecule has 0 aliphatic carbocycles. The minimum Gasteiger partial charge on any atom is -0.444 e. The Bertz CT molecular complexity index is 1420. The second-order valence-electron chi connectivity index (χ2n) is 10.1. The molecule has 0 radical (unpaired) electrons. The number of amides is 4. The Morgan fingerprint density at radius 2 is 1.95 bits per heavy atom. The lowest BCUT2D eigenvalue weighted by Crippen LogP contribution is -2.52. The van der Waals surface area contributed by atoms with Crippen LogP contribution in [0.3, 0.4) is 0 Å². The van der Waals surface area contributed by atoms with Crippen molar-refractivity contribution in [2.24, 2.45) is 0 Å². The number of ether oxygens (including phenoxy) is 1. The molecule has 4 amide bonds. The van der Waals surface area contributed by atoms with Gasteiger partial charge in [0.05, 0.1) is 0 Å². The number of hydrogen-bond acceptors (Lipinski definition) is 6. The number of rotatable bonds is 4. The molecule has 2 aliphatic rings. The number of imide groups is 1. The molecule has 37 heavy (non-hydrogen) atoms. The first kappa shape index (κ1) is 24.2. The molecule has 10 nitrogen and oxygen atoms in total. The summed E-state index contributed by atoms with van der Waals surface area (Å²) in [6.45, 7) is 5.68. The molecule has 0 bridgehead atoms. The number of carbonyl (C=O) groups is 4. The monoisotopic (exact) mass is 501 g/mol. The van der Waals surface area contributed by atoms with Gasteiger partial charge in [-0.15, -0.1) is 0 Å². The van der Waals surface area contributed by atoms with Crippen LogP contribution in [-0.2, 0) is 20.9 Å². The van der Waals surface area contributed by atoms with Crippen molar-refractivity contribution in [1.82, 2.24) is 19.8 Å². The van der Waals surface area contributed by atoms with Crippen molar-refractivity contribution in [3.8, 4) is 17.1 Å². The molecule has 0 spiro atoms. The van der Waals surface area contributed by atoms with Crippen LogP contribution < -0.4 is 10.6 Å². The number of imidazole rings is 1. The molecule has 3 aromatic rings. The Balaban J connectivity index is 1.38. The summed E-state index contributed by atoms with van der Waals surface area (Å²) in [5, 5.41) is 5.07. The molecule has 10 heteroatoms. The van der Waals surface area contributed by atoms with E-state index in [-0.39, 0.29) is 24.8 Å². The SMILES string of the molecule is CC(C)(C)OC(=O)Nc1cccc(-n2ccnc2-c2ccc3c(c2)CN(C2CCC(=O)NC2=O)C3=O)c1. The van der Waals surface area contributed by atoms with Gasteiger partial charge in [0.15, 0.2) is 0 Å². The predicted octanol–water partition coefficient (Wildman–Crippen LogP) is 3.65. The maximum absolute atomic E-state index is 13.0. The minimum atomic E-state index is -0.664. The molecular weight excluding hydrogens is 474 g/mol. The van der Waals surface area contributed by atoms with Crippen molar-refractivity contribution >= 4 is 29.5 Å². The molecule has 2 aromatic carbocycles. The van der Waals surface area contributed by atoms with E-state index in [9.17, 15) is 19.2 Å². The lowest BCUT2D eigenvalue weighted by atomic mass is 10.0. The molecule has 1 aromatic heterocycles. The van der Waals surface area contributed by atoms with Gasteiger partial charge in [0.2, 0.25) is 11.8 Å². The number of anilines is 1. The molecule has 0 saturated carbocycles. The van der Waals surface area contributed by atoms with Gasteiger partial charge >= 0.3 is 6.09 Å². The summed E-state index contributed by atoms with van der Waals surface area (Å²) in [4.78, 5) is 55.1. The van der Waals surface area contributed by atoms with Crippen LogP contribution in [-0.4, -0.2) is 49.9 Å². The highest BCUT2D eigenvalue weighted by atomic mass is 16.6. The lowest BCUT2D eigenvalue weighted by Gasteiger charge is -2.29. The highest BCUT2D eigenvalue weighted by Gasteiger charge is 2.39. The maximum atomic E-state index is 13.0. The first-order valence-corrected chi connectivity index (χ1v) is 12.0. The summed E-state index contributed by atoms with van der Waals surface area (Å²) in [5.41, 5.74) is 2.88. The van der Waals surface area contributed by atoms with E-state index in [4.69, 9.17) is 4.74 Å². The molecule has 2 N–H and O–H groups in total. The molecular formula is C27H27N5O5. The van der Waals surface area contributed by atoms with E-state index < -0.39 is 23.6 Å².